The highest BCUT2D eigenvalue weighted by molar-refractivity contribution is 7.98. The average molecular weight is 716 g/mol. The zero-order valence-corrected chi connectivity index (χ0v) is 31.3. The standard InChI is InChI=1S/C32H61N9O7S/c1-16(2)15-22(28(44)40-24(18(5)6)30(46)41-25(19(7)8)31(47)48)39-26(42)20(11-10-13-36-32(34)35)37-27(43)21(12-14-49-9)38-29(45)23(33)17(3)4/h16-25H,10-15,33H2,1-9H3,(H,37,43)(H,38,45)(H,39,42)(H,40,44)(H,41,46)(H,47,48)(H4,34,35,36)/t20-,21-,22-,23-,24-,25-/m0/s1. The first kappa shape index (κ1) is 45.4. The molecule has 0 saturated carbocycles. The molecule has 0 aromatic rings. The number of carbonyl (C=O) groups is 6. The number of guanidine groups is 1. The molecule has 12 N–H and O–H groups in total. The number of nitrogens with zero attached hydrogens (tertiary/aromatic N) is 1. The molecule has 0 rings (SSSR count). The molecule has 17 heteroatoms. The fraction of sp³-hybridized carbons (Fsp3) is 0.781. The summed E-state index contributed by atoms with van der Waals surface area (Å²) in [6, 6.07) is -6.30. The summed E-state index contributed by atoms with van der Waals surface area (Å²) in [5.74, 6) is -4.91. The number of nitrogens with two attached hydrogens (primary N) is 3. The first-order chi connectivity index (χ1) is 22.7. The number of aliphatic imine (C=N–C) groups is 1. The molecule has 49 heavy (non-hydrogen) atoms. The number of hydrogen-bond acceptors (Lipinski definition) is 9. The van der Waals surface area contributed by atoms with Gasteiger partial charge in [0.15, 0.2) is 5.96 Å². The van der Waals surface area contributed by atoms with Gasteiger partial charge in [-0.15, -0.1) is 0 Å². The maximum Gasteiger partial charge on any atom is 0.326 e. The summed E-state index contributed by atoms with van der Waals surface area (Å²) in [4.78, 5) is 82.4. The Morgan fingerprint density at radius 1 is 0.653 bits per heavy atom. The van der Waals surface area contributed by atoms with Gasteiger partial charge in [-0.2, -0.15) is 11.8 Å². The summed E-state index contributed by atoms with van der Waals surface area (Å²) in [7, 11) is 0. The van der Waals surface area contributed by atoms with Crippen molar-refractivity contribution in [1.29, 1.82) is 0 Å². The van der Waals surface area contributed by atoms with Gasteiger partial charge in [-0.1, -0.05) is 55.4 Å². The highest BCUT2D eigenvalue weighted by atomic mass is 32.2. The van der Waals surface area contributed by atoms with Crippen LogP contribution in [0.4, 0.5) is 0 Å². The van der Waals surface area contributed by atoms with Gasteiger partial charge in [-0.3, -0.25) is 29.0 Å². The first-order valence-corrected chi connectivity index (χ1v) is 18.2. The van der Waals surface area contributed by atoms with E-state index in [4.69, 9.17) is 17.2 Å². The molecule has 0 aliphatic heterocycles. The van der Waals surface area contributed by atoms with Crippen LogP contribution in [0.3, 0.4) is 0 Å². The maximum absolute atomic E-state index is 13.8. The van der Waals surface area contributed by atoms with E-state index >= 15 is 0 Å². The molecule has 0 aliphatic rings. The monoisotopic (exact) mass is 715 g/mol. The highest BCUT2D eigenvalue weighted by Crippen LogP contribution is 2.12. The summed E-state index contributed by atoms with van der Waals surface area (Å²) in [5, 5.41) is 22.9. The molecule has 0 aromatic heterocycles. The molecule has 0 unspecified atom stereocenters. The van der Waals surface area contributed by atoms with E-state index in [1.807, 2.05) is 20.1 Å². The van der Waals surface area contributed by atoms with Crippen molar-refractivity contribution < 1.29 is 33.9 Å². The van der Waals surface area contributed by atoms with Crippen LogP contribution in [0.1, 0.15) is 81.1 Å². The number of rotatable bonds is 23. The van der Waals surface area contributed by atoms with Crippen molar-refractivity contribution in [3.8, 4) is 0 Å². The number of aliphatic carboxylic acids is 1. The third-order valence-corrected chi connectivity index (χ3v) is 8.30. The number of carboxylic acid groups (broad SMARTS) is 1. The molecule has 0 bridgehead atoms. The topological polar surface area (TPSA) is 273 Å². The Bertz CT molecular complexity index is 1130. The summed E-state index contributed by atoms with van der Waals surface area (Å²) in [6.07, 6.45) is 2.73. The Morgan fingerprint density at radius 2 is 1.12 bits per heavy atom. The molecule has 0 aliphatic carbocycles. The van der Waals surface area contributed by atoms with Crippen LogP contribution in [0.15, 0.2) is 4.99 Å². The maximum atomic E-state index is 13.8. The van der Waals surface area contributed by atoms with Crippen molar-refractivity contribution in [2.45, 2.75) is 117 Å². The van der Waals surface area contributed by atoms with Crippen LogP contribution < -0.4 is 43.8 Å². The minimum absolute atomic E-state index is 0.0640. The number of amides is 5. The van der Waals surface area contributed by atoms with E-state index in [1.165, 1.54) is 11.8 Å². The zero-order chi connectivity index (χ0) is 38.0. The van der Waals surface area contributed by atoms with E-state index in [0.717, 1.165) is 0 Å². The van der Waals surface area contributed by atoms with Gasteiger partial charge in [0.25, 0.3) is 0 Å². The molecule has 0 radical (unpaired) electrons. The molecule has 0 fully saturated rings. The predicted molar refractivity (Wildman–Crippen MR) is 192 cm³/mol. The van der Waals surface area contributed by atoms with Gasteiger partial charge in [0.1, 0.15) is 30.2 Å². The van der Waals surface area contributed by atoms with Gasteiger partial charge in [-0.05, 0) is 61.4 Å². The highest BCUT2D eigenvalue weighted by Gasteiger charge is 2.34. The zero-order valence-electron chi connectivity index (χ0n) is 30.5. The predicted octanol–water partition coefficient (Wildman–Crippen LogP) is -0.357. The summed E-state index contributed by atoms with van der Waals surface area (Å²) in [5.41, 5.74) is 16.9. The quantitative estimate of drug-likeness (QED) is 0.0374. The Labute approximate surface area is 295 Å². The normalized spacial score (nSPS) is 15.1. The van der Waals surface area contributed by atoms with E-state index in [1.54, 1.807) is 41.5 Å². The van der Waals surface area contributed by atoms with Gasteiger partial charge < -0.3 is 48.9 Å². The van der Waals surface area contributed by atoms with Crippen LogP contribution in [0.25, 0.3) is 0 Å². The third-order valence-electron chi connectivity index (χ3n) is 7.66. The van der Waals surface area contributed by atoms with Gasteiger partial charge in [0, 0.05) is 6.54 Å². The van der Waals surface area contributed by atoms with E-state index in [2.05, 4.69) is 31.6 Å². The van der Waals surface area contributed by atoms with E-state index in [-0.39, 0.29) is 43.6 Å². The number of thioether (sulfide) groups is 1. The van der Waals surface area contributed by atoms with Crippen LogP contribution in [0.5, 0.6) is 0 Å². The van der Waals surface area contributed by atoms with Gasteiger partial charge >= 0.3 is 5.97 Å². The van der Waals surface area contributed by atoms with Crippen LogP contribution in [0, 0.1) is 23.7 Å². The molecule has 0 heterocycles. The lowest BCUT2D eigenvalue weighted by molar-refractivity contribution is -0.144. The molecule has 0 saturated heterocycles. The van der Waals surface area contributed by atoms with Gasteiger partial charge in [0.2, 0.25) is 29.5 Å². The minimum atomic E-state index is -1.20. The second-order valence-electron chi connectivity index (χ2n) is 13.6. The van der Waals surface area contributed by atoms with Crippen LogP contribution in [0.2, 0.25) is 0 Å². The Balaban J connectivity index is 6.23. The van der Waals surface area contributed by atoms with Crippen molar-refractivity contribution in [1.82, 2.24) is 26.6 Å². The second kappa shape index (κ2) is 22.9. The molecule has 282 valence electrons. The van der Waals surface area contributed by atoms with E-state index in [0.29, 0.717) is 12.2 Å². The van der Waals surface area contributed by atoms with Gasteiger partial charge in [-0.25, -0.2) is 4.79 Å². The largest absolute Gasteiger partial charge is 0.480 e. The minimum Gasteiger partial charge on any atom is -0.480 e. The number of carboxylic acids is 1. The van der Waals surface area contributed by atoms with Crippen molar-refractivity contribution in [3.63, 3.8) is 0 Å². The second-order valence-corrected chi connectivity index (χ2v) is 14.6. The van der Waals surface area contributed by atoms with Crippen molar-refractivity contribution in [2.75, 3.05) is 18.6 Å². The average Bonchev–Trinajstić information content (AvgIpc) is 2.99. The van der Waals surface area contributed by atoms with Crippen molar-refractivity contribution in [2.24, 2.45) is 45.9 Å². The smallest absolute Gasteiger partial charge is 0.326 e. The van der Waals surface area contributed by atoms with E-state index < -0.39 is 83.6 Å². The molecular weight excluding hydrogens is 654 g/mol. The number of hydrogen-bond donors (Lipinski definition) is 9. The lowest BCUT2D eigenvalue weighted by atomic mass is 9.98. The van der Waals surface area contributed by atoms with Crippen molar-refractivity contribution >= 4 is 53.2 Å². The molecule has 6 atom stereocenters. The summed E-state index contributed by atoms with van der Waals surface area (Å²) in [6.45, 7) is 14.2. The molecular formula is C32H61N9O7S. The molecule has 0 spiro atoms. The number of nitrogens with one attached hydrogen (secondary N) is 5. The lowest BCUT2D eigenvalue weighted by Crippen LogP contribution is -2.60. The molecule has 5 amide bonds. The lowest BCUT2D eigenvalue weighted by Gasteiger charge is -2.29. The van der Waals surface area contributed by atoms with Crippen molar-refractivity contribution in [3.05, 3.63) is 0 Å². The Morgan fingerprint density at radius 3 is 1.57 bits per heavy atom. The first-order valence-electron chi connectivity index (χ1n) is 16.8. The fourth-order valence-corrected chi connectivity index (χ4v) is 5.11. The Kier molecular flexibility index (Phi) is 21.2. The third kappa shape index (κ3) is 17.6. The van der Waals surface area contributed by atoms with E-state index in [9.17, 15) is 33.9 Å². The van der Waals surface area contributed by atoms with Crippen LogP contribution in [-0.2, 0) is 28.8 Å². The molecule has 16 nitrogen and oxygen atoms in total. The fourth-order valence-electron chi connectivity index (χ4n) is 4.64. The van der Waals surface area contributed by atoms with Gasteiger partial charge in [0.05, 0.1) is 6.04 Å². The summed E-state index contributed by atoms with van der Waals surface area (Å²) >= 11 is 1.48. The number of carbonyl (C=O) groups excluding carboxylic acids is 5. The molecule has 0 aromatic carbocycles. The van der Waals surface area contributed by atoms with Crippen LogP contribution >= 0.6 is 11.8 Å². The summed E-state index contributed by atoms with van der Waals surface area (Å²) < 4.78 is 0. The Hall–Kier alpha value is -3.60. The SMILES string of the molecule is CSCC[C@H](NC(=O)[C@@H](N)C(C)C)C(=O)N[C@@H](CCCN=C(N)N)C(=O)N[C@@H](CC(C)C)C(=O)N[C@H](C(=O)N[C@H](C(=O)O)C(C)C)C(C)C. The van der Waals surface area contributed by atoms with Crippen LogP contribution in [-0.4, -0.2) is 101 Å².